The predicted octanol–water partition coefficient (Wildman–Crippen LogP) is 1.41. The molecule has 0 saturated carbocycles. The third-order valence-corrected chi connectivity index (χ3v) is 5.45. The van der Waals surface area contributed by atoms with Gasteiger partial charge in [-0.25, -0.2) is 8.42 Å². The molecule has 5 nitrogen and oxygen atoms in total. The summed E-state index contributed by atoms with van der Waals surface area (Å²) < 4.78 is 22.8. The molecule has 1 rings (SSSR count). The molecule has 118 valence electrons. The summed E-state index contributed by atoms with van der Waals surface area (Å²) in [6.45, 7) is 6.08. The van der Waals surface area contributed by atoms with E-state index in [1.165, 1.54) is 12.8 Å². The van der Waals surface area contributed by atoms with Gasteiger partial charge < -0.3 is 10.6 Å². The van der Waals surface area contributed by atoms with Gasteiger partial charge in [0.15, 0.2) is 15.8 Å². The second-order valence-electron chi connectivity index (χ2n) is 6.04. The molecule has 0 radical (unpaired) electrons. The monoisotopic (exact) mass is 303 g/mol. The number of aliphatic imine (C=N–C) groups is 1. The summed E-state index contributed by atoms with van der Waals surface area (Å²) >= 11 is 0. The predicted molar refractivity (Wildman–Crippen MR) is 84.8 cm³/mol. The van der Waals surface area contributed by atoms with Crippen molar-refractivity contribution in [2.45, 2.75) is 39.5 Å². The summed E-state index contributed by atoms with van der Waals surface area (Å²) in [5, 5.41) is 6.50. The van der Waals surface area contributed by atoms with E-state index in [1.807, 2.05) is 0 Å². The lowest BCUT2D eigenvalue weighted by Crippen LogP contribution is -2.40. The van der Waals surface area contributed by atoms with Crippen LogP contribution >= 0.6 is 0 Å². The zero-order chi connectivity index (χ0) is 15.0. The highest BCUT2D eigenvalue weighted by molar-refractivity contribution is 7.91. The van der Waals surface area contributed by atoms with Gasteiger partial charge in [-0.2, -0.15) is 0 Å². The fraction of sp³-hybridized carbons (Fsp3) is 0.929. The van der Waals surface area contributed by atoms with Crippen LogP contribution in [0.25, 0.3) is 0 Å². The molecule has 1 fully saturated rings. The van der Waals surface area contributed by atoms with Crippen molar-refractivity contribution in [3.05, 3.63) is 0 Å². The van der Waals surface area contributed by atoms with Gasteiger partial charge in [0, 0.05) is 20.1 Å². The zero-order valence-electron chi connectivity index (χ0n) is 13.0. The molecule has 2 N–H and O–H groups in total. The molecule has 6 heteroatoms. The highest BCUT2D eigenvalue weighted by Gasteiger charge is 2.27. The number of unbranched alkanes of at least 4 members (excludes halogenated alkanes) is 1. The van der Waals surface area contributed by atoms with E-state index in [1.54, 1.807) is 7.05 Å². The Morgan fingerprint density at radius 2 is 2.05 bits per heavy atom. The fourth-order valence-corrected chi connectivity index (χ4v) is 4.24. The lowest BCUT2D eigenvalue weighted by molar-refractivity contribution is 0.532. The molecular formula is C14H29N3O2S. The average molecular weight is 303 g/mol. The van der Waals surface area contributed by atoms with Crippen molar-refractivity contribution in [3.63, 3.8) is 0 Å². The number of sulfone groups is 1. The number of guanidine groups is 1. The maximum absolute atomic E-state index is 11.4. The Morgan fingerprint density at radius 1 is 1.30 bits per heavy atom. The molecule has 1 aliphatic heterocycles. The molecule has 0 aliphatic carbocycles. The Morgan fingerprint density at radius 3 is 2.60 bits per heavy atom. The normalized spacial score (nSPS) is 22.2. The minimum Gasteiger partial charge on any atom is -0.356 e. The lowest BCUT2D eigenvalue weighted by atomic mass is 10.1. The van der Waals surface area contributed by atoms with E-state index >= 15 is 0 Å². The van der Waals surface area contributed by atoms with Crippen molar-refractivity contribution in [3.8, 4) is 0 Å². The van der Waals surface area contributed by atoms with Crippen LogP contribution in [0.2, 0.25) is 0 Å². The Hall–Kier alpha value is -0.780. The van der Waals surface area contributed by atoms with Crippen LogP contribution in [-0.4, -0.2) is 46.0 Å². The molecule has 1 unspecified atom stereocenters. The van der Waals surface area contributed by atoms with Crippen LogP contribution in [0.4, 0.5) is 0 Å². The number of hydrogen-bond donors (Lipinski definition) is 2. The largest absolute Gasteiger partial charge is 0.356 e. The van der Waals surface area contributed by atoms with Crippen LogP contribution in [0.5, 0.6) is 0 Å². The summed E-state index contributed by atoms with van der Waals surface area (Å²) in [5.41, 5.74) is 0. The van der Waals surface area contributed by atoms with Gasteiger partial charge in [0.05, 0.1) is 11.5 Å². The van der Waals surface area contributed by atoms with Gasteiger partial charge in [-0.15, -0.1) is 0 Å². The first-order valence-corrected chi connectivity index (χ1v) is 9.40. The minimum atomic E-state index is -2.78. The Bertz CT molecular complexity index is 405. The molecule has 1 aliphatic rings. The first-order chi connectivity index (χ1) is 9.43. The SMILES string of the molecule is CN=C(NCCCCC(C)C)NCC1CCS(=O)(=O)C1. The van der Waals surface area contributed by atoms with Crippen LogP contribution in [-0.2, 0) is 9.84 Å². The van der Waals surface area contributed by atoms with Gasteiger partial charge in [0.2, 0.25) is 0 Å². The summed E-state index contributed by atoms with van der Waals surface area (Å²) in [7, 11) is -1.04. The summed E-state index contributed by atoms with van der Waals surface area (Å²) in [5.74, 6) is 2.40. The summed E-state index contributed by atoms with van der Waals surface area (Å²) in [6.07, 6.45) is 4.38. The van der Waals surface area contributed by atoms with Crippen molar-refractivity contribution in [2.75, 3.05) is 31.6 Å². The Balaban J connectivity index is 2.14. The van der Waals surface area contributed by atoms with Crippen molar-refractivity contribution in [1.29, 1.82) is 0 Å². The van der Waals surface area contributed by atoms with Gasteiger partial charge in [-0.1, -0.05) is 26.7 Å². The Kier molecular flexibility index (Phi) is 7.34. The molecule has 0 bridgehead atoms. The molecule has 1 heterocycles. The van der Waals surface area contributed by atoms with Crippen LogP contribution in [0.1, 0.15) is 39.5 Å². The van der Waals surface area contributed by atoms with Gasteiger partial charge in [0.25, 0.3) is 0 Å². The minimum absolute atomic E-state index is 0.222. The van der Waals surface area contributed by atoms with Gasteiger partial charge >= 0.3 is 0 Å². The van der Waals surface area contributed by atoms with E-state index in [9.17, 15) is 8.42 Å². The van der Waals surface area contributed by atoms with Crippen LogP contribution in [0, 0.1) is 11.8 Å². The second kappa shape index (κ2) is 8.49. The number of nitrogens with zero attached hydrogens (tertiary/aromatic N) is 1. The van der Waals surface area contributed by atoms with E-state index in [2.05, 4.69) is 29.5 Å². The molecule has 0 aromatic carbocycles. The van der Waals surface area contributed by atoms with Crippen molar-refractivity contribution in [1.82, 2.24) is 10.6 Å². The molecule has 1 atom stereocenters. The number of hydrogen-bond acceptors (Lipinski definition) is 3. The smallest absolute Gasteiger partial charge is 0.190 e. The van der Waals surface area contributed by atoms with Crippen LogP contribution in [0.3, 0.4) is 0 Å². The molecule has 1 saturated heterocycles. The first kappa shape index (κ1) is 17.3. The molecule has 20 heavy (non-hydrogen) atoms. The lowest BCUT2D eigenvalue weighted by Gasteiger charge is -2.14. The second-order valence-corrected chi connectivity index (χ2v) is 8.27. The van der Waals surface area contributed by atoms with E-state index in [4.69, 9.17) is 0 Å². The first-order valence-electron chi connectivity index (χ1n) is 7.58. The molecule has 0 aromatic heterocycles. The van der Waals surface area contributed by atoms with E-state index in [0.717, 1.165) is 31.3 Å². The van der Waals surface area contributed by atoms with Gasteiger partial charge in [-0.05, 0) is 24.7 Å². The molecule has 0 aromatic rings. The van der Waals surface area contributed by atoms with Gasteiger partial charge in [-0.3, -0.25) is 4.99 Å². The van der Waals surface area contributed by atoms with Crippen molar-refractivity contribution >= 4 is 15.8 Å². The van der Waals surface area contributed by atoms with Crippen LogP contribution < -0.4 is 10.6 Å². The summed E-state index contributed by atoms with van der Waals surface area (Å²) in [6, 6.07) is 0. The topological polar surface area (TPSA) is 70.6 Å². The van der Waals surface area contributed by atoms with E-state index in [-0.39, 0.29) is 5.92 Å². The fourth-order valence-electron chi connectivity index (χ4n) is 2.38. The third-order valence-electron chi connectivity index (χ3n) is 3.61. The average Bonchev–Trinajstić information content (AvgIpc) is 2.72. The van der Waals surface area contributed by atoms with E-state index in [0.29, 0.717) is 18.1 Å². The van der Waals surface area contributed by atoms with Crippen molar-refractivity contribution < 1.29 is 8.42 Å². The highest BCUT2D eigenvalue weighted by atomic mass is 32.2. The third kappa shape index (κ3) is 7.12. The number of rotatable bonds is 7. The van der Waals surface area contributed by atoms with Crippen LogP contribution in [0.15, 0.2) is 4.99 Å². The number of nitrogens with one attached hydrogen (secondary N) is 2. The summed E-state index contributed by atoms with van der Waals surface area (Å²) in [4.78, 5) is 4.16. The maximum atomic E-state index is 11.4. The quantitative estimate of drug-likeness (QED) is 0.424. The molecule has 0 spiro atoms. The van der Waals surface area contributed by atoms with E-state index < -0.39 is 9.84 Å². The molecular weight excluding hydrogens is 274 g/mol. The standard InChI is InChI=1S/C14H29N3O2S/c1-12(2)6-4-5-8-16-14(15-3)17-10-13-7-9-20(18,19)11-13/h12-13H,4-11H2,1-3H3,(H2,15,16,17). The van der Waals surface area contributed by atoms with Gasteiger partial charge in [0.1, 0.15) is 0 Å². The van der Waals surface area contributed by atoms with Crippen molar-refractivity contribution in [2.24, 2.45) is 16.8 Å². The Labute approximate surface area is 123 Å². The molecule has 0 amide bonds. The zero-order valence-corrected chi connectivity index (χ0v) is 13.8. The highest BCUT2D eigenvalue weighted by Crippen LogP contribution is 2.17. The maximum Gasteiger partial charge on any atom is 0.190 e.